The first kappa shape index (κ1) is 23.2. The second-order valence-electron chi connectivity index (χ2n) is 7.60. The van der Waals surface area contributed by atoms with E-state index in [1.165, 1.54) is 55.6 Å². The molecule has 3 rings (SSSR count). The molecule has 0 amide bonds. The van der Waals surface area contributed by atoms with Crippen molar-refractivity contribution in [3.63, 3.8) is 0 Å². The van der Waals surface area contributed by atoms with Gasteiger partial charge in [-0.25, -0.2) is 18.4 Å². The smallest absolute Gasteiger partial charge is 0.336 e. The first-order chi connectivity index (χ1) is 15.3. The summed E-state index contributed by atoms with van der Waals surface area (Å²) >= 11 is 0. The molecule has 32 heavy (non-hydrogen) atoms. The van der Waals surface area contributed by atoms with E-state index in [2.05, 4.69) is 5.32 Å². The third-order valence-corrected chi connectivity index (χ3v) is 5.21. The molecule has 1 heterocycles. The monoisotopic (exact) mass is 441 g/mol. The highest BCUT2D eigenvalue weighted by Gasteiger charge is 2.40. The lowest BCUT2D eigenvalue weighted by Crippen LogP contribution is -2.35. The molecule has 0 aromatic heterocycles. The van der Waals surface area contributed by atoms with Gasteiger partial charge in [0, 0.05) is 5.70 Å². The summed E-state index contributed by atoms with van der Waals surface area (Å²) < 4.78 is 37.6. The van der Waals surface area contributed by atoms with Crippen molar-refractivity contribution in [1.82, 2.24) is 5.32 Å². The van der Waals surface area contributed by atoms with Crippen LogP contribution < -0.4 is 5.32 Å². The predicted octanol–water partition coefficient (Wildman–Crippen LogP) is 4.71. The van der Waals surface area contributed by atoms with Gasteiger partial charge in [0.15, 0.2) is 0 Å². The zero-order chi connectivity index (χ0) is 23.4. The minimum Gasteiger partial charge on any atom is -0.466 e. The molecule has 2 aromatic carbocycles. The minimum absolute atomic E-state index is 0.145. The fourth-order valence-electron chi connectivity index (χ4n) is 3.77. The molecule has 0 fully saturated rings. The summed E-state index contributed by atoms with van der Waals surface area (Å²) in [6, 6.07) is 11.2. The number of hydrogen-bond acceptors (Lipinski definition) is 5. The summed E-state index contributed by atoms with van der Waals surface area (Å²) in [4.78, 5) is 26.1. The van der Waals surface area contributed by atoms with E-state index < -0.39 is 29.5 Å². The van der Waals surface area contributed by atoms with Gasteiger partial charge in [-0.15, -0.1) is 0 Å². The van der Waals surface area contributed by atoms with Crippen LogP contribution in [0.25, 0.3) is 5.70 Å². The largest absolute Gasteiger partial charge is 0.466 e. The number of allylic oxidation sites excluding steroid dienone is 1. The topological polar surface area (TPSA) is 64.6 Å². The predicted molar refractivity (Wildman–Crippen MR) is 116 cm³/mol. The first-order valence-corrected chi connectivity index (χ1v) is 10.3. The van der Waals surface area contributed by atoms with E-state index in [-0.39, 0.29) is 23.7 Å². The number of methoxy groups -OCH3 is 1. The van der Waals surface area contributed by atoms with E-state index in [9.17, 15) is 18.4 Å². The third kappa shape index (κ3) is 4.56. The van der Waals surface area contributed by atoms with Gasteiger partial charge in [-0.1, -0.05) is 26.0 Å². The standard InChI is InChI=1S/C25H25F2NO4/c1-5-32-25(30)20-19(15-6-10-17(26)11-7-15)21(24(29)31-4)23(28-22(20)14(2)3)16-8-12-18(27)13-9-16/h6-14,19,28H,5H2,1-4H3. The van der Waals surface area contributed by atoms with Crippen molar-refractivity contribution >= 4 is 17.6 Å². The molecule has 2 aromatic rings. The van der Waals surface area contributed by atoms with Crippen LogP contribution in [0.4, 0.5) is 8.78 Å². The maximum absolute atomic E-state index is 13.7. The van der Waals surface area contributed by atoms with E-state index in [1.807, 2.05) is 13.8 Å². The molecular weight excluding hydrogens is 416 g/mol. The number of dihydropyridines is 1. The van der Waals surface area contributed by atoms with Gasteiger partial charge in [0.25, 0.3) is 0 Å². The van der Waals surface area contributed by atoms with E-state index in [4.69, 9.17) is 9.47 Å². The van der Waals surface area contributed by atoms with Crippen molar-refractivity contribution in [1.29, 1.82) is 0 Å². The number of halogens is 2. The van der Waals surface area contributed by atoms with Crippen LogP contribution in [0.3, 0.4) is 0 Å². The zero-order valence-electron chi connectivity index (χ0n) is 18.4. The molecular formula is C25H25F2NO4. The van der Waals surface area contributed by atoms with Crippen molar-refractivity contribution < 1.29 is 27.8 Å². The number of ether oxygens (including phenoxy) is 2. The Hall–Kier alpha value is -3.48. The number of rotatable bonds is 6. The van der Waals surface area contributed by atoms with Crippen LogP contribution in [0.15, 0.2) is 65.4 Å². The van der Waals surface area contributed by atoms with Crippen LogP contribution in [0.2, 0.25) is 0 Å². The normalized spacial score (nSPS) is 16.2. The van der Waals surface area contributed by atoms with Crippen LogP contribution in [0, 0.1) is 17.6 Å². The molecule has 168 valence electrons. The summed E-state index contributed by atoms with van der Waals surface area (Å²) in [7, 11) is 1.24. The molecule has 1 N–H and O–H groups in total. The highest BCUT2D eigenvalue weighted by atomic mass is 19.1. The zero-order valence-corrected chi connectivity index (χ0v) is 18.4. The molecule has 1 aliphatic heterocycles. The van der Waals surface area contributed by atoms with Crippen LogP contribution in [0.5, 0.6) is 0 Å². The van der Waals surface area contributed by atoms with Crippen LogP contribution in [0.1, 0.15) is 37.8 Å². The van der Waals surface area contributed by atoms with Gasteiger partial charge < -0.3 is 14.8 Å². The molecule has 0 aliphatic carbocycles. The molecule has 0 saturated carbocycles. The van der Waals surface area contributed by atoms with Crippen molar-refractivity contribution in [2.45, 2.75) is 26.7 Å². The molecule has 1 unspecified atom stereocenters. The van der Waals surface area contributed by atoms with Gasteiger partial charge in [0.2, 0.25) is 0 Å². The summed E-state index contributed by atoms with van der Waals surface area (Å²) in [5, 5.41) is 3.22. The fourth-order valence-corrected chi connectivity index (χ4v) is 3.77. The highest BCUT2D eigenvalue weighted by Crippen LogP contribution is 2.43. The average Bonchev–Trinajstić information content (AvgIpc) is 2.78. The van der Waals surface area contributed by atoms with Gasteiger partial charge in [0.05, 0.1) is 36.5 Å². The molecule has 1 atom stereocenters. The molecule has 0 saturated heterocycles. The molecule has 1 aliphatic rings. The van der Waals surface area contributed by atoms with Crippen molar-refractivity contribution in [3.05, 3.63) is 88.1 Å². The Morgan fingerprint density at radius 2 is 1.50 bits per heavy atom. The summed E-state index contributed by atoms with van der Waals surface area (Å²) in [6.45, 7) is 5.63. The maximum atomic E-state index is 13.7. The van der Waals surface area contributed by atoms with Gasteiger partial charge in [-0.2, -0.15) is 0 Å². The quantitative estimate of drug-likeness (QED) is 0.658. The van der Waals surface area contributed by atoms with E-state index >= 15 is 0 Å². The lowest BCUT2D eigenvalue weighted by atomic mass is 9.77. The second kappa shape index (κ2) is 9.77. The molecule has 0 spiro atoms. The molecule has 0 bridgehead atoms. The summed E-state index contributed by atoms with van der Waals surface area (Å²) in [5.41, 5.74) is 2.42. The van der Waals surface area contributed by atoms with Gasteiger partial charge >= 0.3 is 11.9 Å². The average molecular weight is 441 g/mol. The Kier molecular flexibility index (Phi) is 7.08. The van der Waals surface area contributed by atoms with E-state index in [1.54, 1.807) is 6.92 Å². The Bertz CT molecular complexity index is 1070. The van der Waals surface area contributed by atoms with Crippen molar-refractivity contribution in [2.24, 2.45) is 5.92 Å². The Balaban J connectivity index is 2.36. The number of hydrogen-bond donors (Lipinski definition) is 1. The number of esters is 2. The number of nitrogens with one attached hydrogen (secondary N) is 1. The SMILES string of the molecule is CCOC(=O)C1=C(C(C)C)NC(c2ccc(F)cc2)=C(C(=O)OC)C1c1ccc(F)cc1. The first-order valence-electron chi connectivity index (χ1n) is 10.3. The van der Waals surface area contributed by atoms with Crippen molar-refractivity contribution in [3.8, 4) is 0 Å². The Morgan fingerprint density at radius 1 is 0.938 bits per heavy atom. The second-order valence-corrected chi connectivity index (χ2v) is 7.60. The number of carbonyl (C=O) groups is 2. The summed E-state index contributed by atoms with van der Waals surface area (Å²) in [5.74, 6) is -3.15. The lowest BCUT2D eigenvalue weighted by Gasteiger charge is -2.34. The minimum atomic E-state index is -0.874. The lowest BCUT2D eigenvalue weighted by molar-refractivity contribution is -0.139. The van der Waals surface area contributed by atoms with Crippen LogP contribution in [-0.4, -0.2) is 25.7 Å². The fraction of sp³-hybridized carbons (Fsp3) is 0.280. The summed E-state index contributed by atoms with van der Waals surface area (Å²) in [6.07, 6.45) is 0. The molecule has 5 nitrogen and oxygen atoms in total. The molecule has 7 heteroatoms. The van der Waals surface area contributed by atoms with E-state index in [0.717, 1.165) is 0 Å². The number of benzene rings is 2. The van der Waals surface area contributed by atoms with E-state index in [0.29, 0.717) is 22.5 Å². The van der Waals surface area contributed by atoms with Crippen molar-refractivity contribution in [2.75, 3.05) is 13.7 Å². The maximum Gasteiger partial charge on any atom is 0.336 e. The van der Waals surface area contributed by atoms with Gasteiger partial charge in [-0.3, -0.25) is 0 Å². The number of carbonyl (C=O) groups excluding carboxylic acids is 2. The Morgan fingerprint density at radius 3 is 2.00 bits per heavy atom. The highest BCUT2D eigenvalue weighted by molar-refractivity contribution is 6.05. The molecule has 0 radical (unpaired) electrons. The van der Waals surface area contributed by atoms with Crippen LogP contribution in [-0.2, 0) is 19.1 Å². The van der Waals surface area contributed by atoms with Gasteiger partial charge in [0.1, 0.15) is 11.6 Å². The Labute approximate surface area is 185 Å². The third-order valence-electron chi connectivity index (χ3n) is 5.21. The van der Waals surface area contributed by atoms with Gasteiger partial charge in [-0.05, 0) is 60.4 Å². The van der Waals surface area contributed by atoms with Crippen LogP contribution >= 0.6 is 0 Å².